The van der Waals surface area contributed by atoms with Gasteiger partial charge in [-0.15, -0.1) is 0 Å². The van der Waals surface area contributed by atoms with Gasteiger partial charge in [0.25, 0.3) is 5.91 Å². The van der Waals surface area contributed by atoms with Crippen molar-refractivity contribution in [3.8, 4) is 0 Å². The molecule has 0 aliphatic rings. The maximum Gasteiger partial charge on any atom is 0.408 e. The Hall–Kier alpha value is -3.35. The highest BCUT2D eigenvalue weighted by Crippen LogP contribution is 2.29. The van der Waals surface area contributed by atoms with E-state index in [1.54, 1.807) is 32.6 Å². The Kier molecular flexibility index (Phi) is 9.68. The quantitative estimate of drug-likeness (QED) is 0.488. The van der Waals surface area contributed by atoms with Crippen LogP contribution in [0.4, 0.5) is 10.5 Å². The Morgan fingerprint density at radius 2 is 1.58 bits per heavy atom. The van der Waals surface area contributed by atoms with Gasteiger partial charge in [-0.3, -0.25) is 9.59 Å². The highest BCUT2D eigenvalue weighted by Gasteiger charge is 2.35. The van der Waals surface area contributed by atoms with Crippen molar-refractivity contribution in [3.05, 3.63) is 64.2 Å². The molecule has 0 saturated carbocycles. The standard InChI is InChI=1S/C29H41N3O4/c1-10-16-32(27(34)22(6)30-28(35)36-29(7,8)9)25(23-15-14-18(2)17-21(23)5)26(33)31-24-19(3)12-11-13-20(24)4/h11-15,17,22,25H,10,16H2,1-9H3,(H,30,35)(H,31,33). The van der Waals surface area contributed by atoms with E-state index < -0.39 is 23.8 Å². The molecule has 2 N–H and O–H groups in total. The van der Waals surface area contributed by atoms with Gasteiger partial charge in [0, 0.05) is 12.2 Å². The van der Waals surface area contributed by atoms with Crippen LogP contribution in [0.5, 0.6) is 0 Å². The summed E-state index contributed by atoms with van der Waals surface area (Å²) >= 11 is 0. The zero-order valence-corrected chi connectivity index (χ0v) is 23.1. The molecular weight excluding hydrogens is 454 g/mol. The van der Waals surface area contributed by atoms with E-state index in [2.05, 4.69) is 10.6 Å². The number of hydrogen-bond donors (Lipinski definition) is 2. The number of nitrogens with one attached hydrogen (secondary N) is 2. The number of carbonyl (C=O) groups is 3. The predicted octanol–water partition coefficient (Wildman–Crippen LogP) is 5.75. The molecule has 0 fully saturated rings. The molecule has 36 heavy (non-hydrogen) atoms. The van der Waals surface area contributed by atoms with Crippen molar-refractivity contribution in [3.63, 3.8) is 0 Å². The second-order valence-electron chi connectivity index (χ2n) is 10.4. The molecule has 2 aromatic carbocycles. The molecule has 2 unspecified atom stereocenters. The van der Waals surface area contributed by atoms with Gasteiger partial charge >= 0.3 is 6.09 Å². The minimum atomic E-state index is -0.882. The van der Waals surface area contributed by atoms with Crippen molar-refractivity contribution in [2.24, 2.45) is 0 Å². The van der Waals surface area contributed by atoms with Crippen LogP contribution in [0.2, 0.25) is 0 Å². The van der Waals surface area contributed by atoms with E-state index in [1.807, 2.05) is 71.0 Å². The number of para-hydroxylation sites is 1. The first-order valence-electron chi connectivity index (χ1n) is 12.5. The monoisotopic (exact) mass is 495 g/mol. The summed E-state index contributed by atoms with van der Waals surface area (Å²) in [7, 11) is 0. The van der Waals surface area contributed by atoms with Gasteiger partial charge in [0.1, 0.15) is 17.7 Å². The highest BCUT2D eigenvalue weighted by molar-refractivity contribution is 6.00. The van der Waals surface area contributed by atoms with Crippen molar-refractivity contribution in [2.45, 2.75) is 86.4 Å². The minimum Gasteiger partial charge on any atom is -0.444 e. The number of aryl methyl sites for hydroxylation is 4. The van der Waals surface area contributed by atoms with E-state index in [9.17, 15) is 14.4 Å². The van der Waals surface area contributed by atoms with Gasteiger partial charge in [-0.2, -0.15) is 0 Å². The molecular formula is C29H41N3O4. The summed E-state index contributed by atoms with van der Waals surface area (Å²) in [6.45, 7) is 17.0. The molecule has 0 aromatic heterocycles. The summed E-state index contributed by atoms with van der Waals surface area (Å²) in [4.78, 5) is 41.5. The van der Waals surface area contributed by atoms with E-state index in [0.717, 1.165) is 33.5 Å². The summed E-state index contributed by atoms with van der Waals surface area (Å²) in [5.74, 6) is -0.657. The van der Waals surface area contributed by atoms with Crippen LogP contribution >= 0.6 is 0 Å². The van der Waals surface area contributed by atoms with Gasteiger partial charge in [-0.1, -0.05) is 48.9 Å². The average molecular weight is 496 g/mol. The molecule has 0 radical (unpaired) electrons. The molecule has 0 bridgehead atoms. The second-order valence-corrected chi connectivity index (χ2v) is 10.4. The van der Waals surface area contributed by atoms with Crippen LogP contribution in [-0.4, -0.2) is 41.0 Å². The summed E-state index contributed by atoms with van der Waals surface area (Å²) in [6, 6.07) is 9.92. The number of nitrogens with zero attached hydrogens (tertiary/aromatic N) is 1. The number of anilines is 1. The molecule has 196 valence electrons. The highest BCUT2D eigenvalue weighted by atomic mass is 16.6. The molecule has 0 aliphatic heterocycles. The maximum atomic E-state index is 13.9. The molecule has 7 heteroatoms. The van der Waals surface area contributed by atoms with E-state index >= 15 is 0 Å². The maximum absolute atomic E-state index is 13.9. The van der Waals surface area contributed by atoms with E-state index in [0.29, 0.717) is 13.0 Å². The number of benzene rings is 2. The first-order chi connectivity index (χ1) is 16.7. The summed E-state index contributed by atoms with van der Waals surface area (Å²) in [5, 5.41) is 5.71. The van der Waals surface area contributed by atoms with Gasteiger partial charge in [-0.25, -0.2) is 4.79 Å². The molecule has 2 atom stereocenters. The summed E-state index contributed by atoms with van der Waals surface area (Å²) < 4.78 is 5.33. The molecule has 0 saturated heterocycles. The van der Waals surface area contributed by atoms with Crippen molar-refractivity contribution < 1.29 is 19.1 Å². The molecule has 0 aliphatic carbocycles. The number of amides is 3. The van der Waals surface area contributed by atoms with Gasteiger partial charge in [-0.05, 0) is 84.1 Å². The first-order valence-corrected chi connectivity index (χ1v) is 12.5. The third-order valence-electron chi connectivity index (χ3n) is 5.86. The third-order valence-corrected chi connectivity index (χ3v) is 5.86. The normalized spacial score (nSPS) is 12.9. The van der Waals surface area contributed by atoms with Crippen molar-refractivity contribution >= 4 is 23.6 Å². The average Bonchev–Trinajstić information content (AvgIpc) is 2.75. The summed E-state index contributed by atoms with van der Waals surface area (Å²) in [5.41, 5.74) is 4.66. The van der Waals surface area contributed by atoms with Gasteiger partial charge < -0.3 is 20.3 Å². The minimum absolute atomic E-state index is 0.300. The fraction of sp³-hybridized carbons (Fsp3) is 0.483. The second kappa shape index (κ2) is 12.1. The largest absolute Gasteiger partial charge is 0.444 e. The Morgan fingerprint density at radius 1 is 0.972 bits per heavy atom. The number of carbonyl (C=O) groups excluding carboxylic acids is 3. The van der Waals surface area contributed by atoms with E-state index in [4.69, 9.17) is 4.74 Å². The number of hydrogen-bond acceptors (Lipinski definition) is 4. The number of ether oxygens (including phenoxy) is 1. The van der Waals surface area contributed by atoms with Gasteiger partial charge in [0.05, 0.1) is 0 Å². The molecule has 3 amide bonds. The Morgan fingerprint density at radius 3 is 2.11 bits per heavy atom. The number of rotatable bonds is 8. The Labute approximate surface area is 215 Å². The van der Waals surface area contributed by atoms with E-state index in [1.165, 1.54) is 0 Å². The lowest BCUT2D eigenvalue weighted by Crippen LogP contribution is -2.51. The van der Waals surface area contributed by atoms with Crippen LogP contribution < -0.4 is 10.6 Å². The lowest BCUT2D eigenvalue weighted by Gasteiger charge is -2.34. The molecule has 7 nitrogen and oxygen atoms in total. The third kappa shape index (κ3) is 7.57. The zero-order chi connectivity index (χ0) is 27.2. The van der Waals surface area contributed by atoms with Crippen LogP contribution in [0.1, 0.15) is 74.9 Å². The smallest absolute Gasteiger partial charge is 0.408 e. The Balaban J connectivity index is 2.49. The summed E-state index contributed by atoms with van der Waals surface area (Å²) in [6.07, 6.45) is -0.0361. The van der Waals surface area contributed by atoms with Gasteiger partial charge in [0.2, 0.25) is 5.91 Å². The lowest BCUT2D eigenvalue weighted by molar-refractivity contribution is -0.140. The van der Waals surface area contributed by atoms with Crippen LogP contribution in [0, 0.1) is 27.7 Å². The van der Waals surface area contributed by atoms with Crippen LogP contribution in [0.15, 0.2) is 36.4 Å². The van der Waals surface area contributed by atoms with Crippen molar-refractivity contribution in [2.75, 3.05) is 11.9 Å². The first kappa shape index (κ1) is 28.9. The predicted molar refractivity (Wildman–Crippen MR) is 144 cm³/mol. The fourth-order valence-corrected chi connectivity index (χ4v) is 4.19. The molecule has 2 aromatic rings. The fourth-order valence-electron chi connectivity index (χ4n) is 4.19. The van der Waals surface area contributed by atoms with Crippen molar-refractivity contribution in [1.29, 1.82) is 0 Å². The molecule has 2 rings (SSSR count). The van der Waals surface area contributed by atoms with Gasteiger partial charge in [0.15, 0.2) is 0 Å². The molecule has 0 heterocycles. The topological polar surface area (TPSA) is 87.7 Å². The van der Waals surface area contributed by atoms with Crippen LogP contribution in [-0.2, 0) is 14.3 Å². The zero-order valence-electron chi connectivity index (χ0n) is 23.1. The van der Waals surface area contributed by atoms with Crippen molar-refractivity contribution in [1.82, 2.24) is 10.2 Å². The number of alkyl carbamates (subject to hydrolysis) is 1. The lowest BCUT2D eigenvalue weighted by atomic mass is 9.96. The Bertz CT molecular complexity index is 1080. The van der Waals surface area contributed by atoms with Crippen LogP contribution in [0.25, 0.3) is 0 Å². The van der Waals surface area contributed by atoms with Crippen LogP contribution in [0.3, 0.4) is 0 Å². The molecule has 0 spiro atoms. The SMILES string of the molecule is CCCN(C(=O)C(C)NC(=O)OC(C)(C)C)C(C(=O)Nc1c(C)cccc1C)c1ccc(C)cc1C. The van der Waals surface area contributed by atoms with E-state index in [-0.39, 0.29) is 11.8 Å².